The maximum absolute atomic E-state index is 12.5. The van der Waals surface area contributed by atoms with Crippen molar-refractivity contribution in [1.29, 1.82) is 0 Å². The zero-order valence-corrected chi connectivity index (χ0v) is 18.6. The van der Waals surface area contributed by atoms with Gasteiger partial charge in [0, 0.05) is 13.0 Å². The molecule has 4 aromatic rings. The van der Waals surface area contributed by atoms with E-state index in [1.54, 1.807) is 0 Å². The van der Waals surface area contributed by atoms with E-state index < -0.39 is 0 Å². The summed E-state index contributed by atoms with van der Waals surface area (Å²) in [7, 11) is 0. The summed E-state index contributed by atoms with van der Waals surface area (Å²) in [6.45, 7) is 4.84. The molecular formula is C25H26N4OS. The molecule has 1 atom stereocenters. The van der Waals surface area contributed by atoms with Crippen molar-refractivity contribution in [2.45, 2.75) is 38.0 Å². The highest BCUT2D eigenvalue weighted by atomic mass is 32.2. The normalized spacial score (nSPS) is 12.1. The minimum Gasteiger partial charge on any atom is -0.349 e. The van der Waals surface area contributed by atoms with Gasteiger partial charge >= 0.3 is 0 Å². The highest BCUT2D eigenvalue weighted by molar-refractivity contribution is 7.99. The number of carbonyl (C=O) groups excluding carboxylic acids is 1. The Bertz CT molecular complexity index is 1170. The van der Waals surface area contributed by atoms with Crippen LogP contribution in [0.5, 0.6) is 0 Å². The molecule has 5 nitrogen and oxygen atoms in total. The predicted octanol–water partition coefficient (Wildman–Crippen LogP) is 5.01. The van der Waals surface area contributed by atoms with E-state index in [1.807, 2.05) is 37.3 Å². The van der Waals surface area contributed by atoms with Crippen molar-refractivity contribution in [2.75, 3.05) is 5.75 Å². The molecule has 1 amide bonds. The van der Waals surface area contributed by atoms with Gasteiger partial charge in [0.15, 0.2) is 5.16 Å². The van der Waals surface area contributed by atoms with Crippen LogP contribution in [0.3, 0.4) is 0 Å². The maximum Gasteiger partial charge on any atom is 0.230 e. The average Bonchev–Trinajstić information content (AvgIpc) is 3.20. The van der Waals surface area contributed by atoms with Gasteiger partial charge in [-0.2, -0.15) is 0 Å². The van der Waals surface area contributed by atoms with Gasteiger partial charge in [0.2, 0.25) is 5.91 Å². The lowest BCUT2D eigenvalue weighted by Crippen LogP contribution is -2.28. The van der Waals surface area contributed by atoms with Crippen LogP contribution in [0.25, 0.3) is 10.8 Å². The molecule has 6 heteroatoms. The minimum atomic E-state index is -0.0275. The first-order valence-electron chi connectivity index (χ1n) is 10.5. The molecule has 158 valence electrons. The third-order valence-corrected chi connectivity index (χ3v) is 6.31. The van der Waals surface area contributed by atoms with Crippen molar-refractivity contribution >= 4 is 28.4 Å². The number of amides is 1. The molecule has 3 aromatic carbocycles. The summed E-state index contributed by atoms with van der Waals surface area (Å²) in [5, 5.41) is 15.1. The van der Waals surface area contributed by atoms with Gasteiger partial charge < -0.3 is 9.88 Å². The number of nitrogens with one attached hydrogen (secondary N) is 1. The molecule has 0 saturated heterocycles. The molecule has 0 bridgehead atoms. The molecule has 1 N–H and O–H groups in total. The van der Waals surface area contributed by atoms with Crippen LogP contribution in [0, 0.1) is 0 Å². The Balaban J connectivity index is 1.43. The van der Waals surface area contributed by atoms with E-state index in [2.05, 4.69) is 69.5 Å². The molecule has 0 aliphatic rings. The summed E-state index contributed by atoms with van der Waals surface area (Å²) in [5.74, 6) is 1.21. The van der Waals surface area contributed by atoms with Crippen LogP contribution in [-0.2, 0) is 17.8 Å². The topological polar surface area (TPSA) is 59.8 Å². The number of nitrogens with zero attached hydrogens (tertiary/aromatic N) is 3. The Kier molecular flexibility index (Phi) is 6.67. The number of fused-ring (bicyclic) bond motifs is 1. The molecule has 0 aliphatic carbocycles. The van der Waals surface area contributed by atoms with Gasteiger partial charge in [0.05, 0.1) is 11.8 Å². The minimum absolute atomic E-state index is 0.0115. The van der Waals surface area contributed by atoms with E-state index in [9.17, 15) is 4.79 Å². The number of hydrogen-bond acceptors (Lipinski definition) is 4. The van der Waals surface area contributed by atoms with Crippen molar-refractivity contribution in [3.8, 4) is 0 Å². The Labute approximate surface area is 186 Å². The molecule has 0 fully saturated rings. The number of benzene rings is 3. The Morgan fingerprint density at radius 1 is 1.00 bits per heavy atom. The number of hydrogen-bond donors (Lipinski definition) is 1. The standard InChI is InChI=1S/C25H26N4OS/c1-3-29-23(16-21-14-9-13-20-12-7-8-15-22(20)21)27-28-25(29)31-17-24(30)26-18(2)19-10-5-4-6-11-19/h4-15,18H,3,16-17H2,1-2H3,(H,26,30)/t18-/m0/s1. The second-order valence-corrected chi connectivity index (χ2v) is 8.39. The molecule has 1 heterocycles. The first kappa shape index (κ1) is 21.1. The van der Waals surface area contributed by atoms with Crippen LogP contribution in [0.1, 0.15) is 36.8 Å². The molecule has 0 aliphatic heterocycles. The van der Waals surface area contributed by atoms with Gasteiger partial charge in [0.1, 0.15) is 5.82 Å². The van der Waals surface area contributed by atoms with E-state index in [0.29, 0.717) is 12.2 Å². The van der Waals surface area contributed by atoms with Crippen molar-refractivity contribution in [2.24, 2.45) is 0 Å². The predicted molar refractivity (Wildman–Crippen MR) is 126 cm³/mol. The number of carbonyl (C=O) groups is 1. The number of rotatable bonds is 8. The van der Waals surface area contributed by atoms with E-state index >= 15 is 0 Å². The largest absolute Gasteiger partial charge is 0.349 e. The summed E-state index contributed by atoms with van der Waals surface area (Å²) in [4.78, 5) is 12.5. The fraction of sp³-hybridized carbons (Fsp3) is 0.240. The van der Waals surface area contributed by atoms with Gasteiger partial charge in [-0.15, -0.1) is 10.2 Å². The lowest BCUT2D eigenvalue weighted by atomic mass is 10.0. The molecule has 4 rings (SSSR count). The number of thioether (sulfide) groups is 1. The lowest BCUT2D eigenvalue weighted by Gasteiger charge is -2.14. The Morgan fingerprint density at radius 2 is 1.74 bits per heavy atom. The smallest absolute Gasteiger partial charge is 0.230 e. The summed E-state index contributed by atoms with van der Waals surface area (Å²) >= 11 is 1.43. The number of aromatic nitrogens is 3. The van der Waals surface area contributed by atoms with Gasteiger partial charge in [-0.25, -0.2) is 0 Å². The lowest BCUT2D eigenvalue weighted by molar-refractivity contribution is -0.119. The molecule has 1 aromatic heterocycles. The monoisotopic (exact) mass is 430 g/mol. The van der Waals surface area contributed by atoms with Crippen molar-refractivity contribution in [3.63, 3.8) is 0 Å². The van der Waals surface area contributed by atoms with Gasteiger partial charge in [0.25, 0.3) is 0 Å². The summed E-state index contributed by atoms with van der Waals surface area (Å²) < 4.78 is 2.10. The second kappa shape index (κ2) is 9.79. The molecule has 31 heavy (non-hydrogen) atoms. The fourth-order valence-electron chi connectivity index (χ4n) is 3.73. The molecule has 0 saturated carbocycles. The maximum atomic E-state index is 12.5. The SMILES string of the molecule is CCn1c(Cc2cccc3ccccc23)nnc1SCC(=O)N[C@@H](C)c1ccccc1. The molecule has 0 unspecified atom stereocenters. The molecule has 0 spiro atoms. The van der Waals surface area contributed by atoms with Gasteiger partial charge in [-0.3, -0.25) is 4.79 Å². The third kappa shape index (κ3) is 4.97. The van der Waals surface area contributed by atoms with E-state index in [1.165, 1.54) is 28.1 Å². The van der Waals surface area contributed by atoms with Crippen LogP contribution < -0.4 is 5.32 Å². The van der Waals surface area contributed by atoms with Crippen LogP contribution in [0.2, 0.25) is 0 Å². The van der Waals surface area contributed by atoms with E-state index in [-0.39, 0.29) is 11.9 Å². The highest BCUT2D eigenvalue weighted by Gasteiger charge is 2.15. The molecule has 0 radical (unpaired) electrons. The first-order chi connectivity index (χ1) is 15.2. The summed E-state index contributed by atoms with van der Waals surface area (Å²) in [5.41, 5.74) is 2.32. The van der Waals surface area contributed by atoms with E-state index in [4.69, 9.17) is 0 Å². The highest BCUT2D eigenvalue weighted by Crippen LogP contribution is 2.23. The van der Waals surface area contributed by atoms with Crippen LogP contribution in [0.4, 0.5) is 0 Å². The van der Waals surface area contributed by atoms with Crippen LogP contribution in [-0.4, -0.2) is 26.4 Å². The summed E-state index contributed by atoms with van der Waals surface area (Å²) in [6, 6.07) is 24.7. The quantitative estimate of drug-likeness (QED) is 0.399. The van der Waals surface area contributed by atoms with Crippen molar-refractivity contribution in [1.82, 2.24) is 20.1 Å². The first-order valence-corrected chi connectivity index (χ1v) is 11.5. The summed E-state index contributed by atoms with van der Waals surface area (Å²) in [6.07, 6.45) is 0.708. The molecular weight excluding hydrogens is 404 g/mol. The Morgan fingerprint density at radius 3 is 2.55 bits per heavy atom. The second-order valence-electron chi connectivity index (χ2n) is 7.45. The Hall–Kier alpha value is -3.12. The van der Waals surface area contributed by atoms with Crippen LogP contribution >= 0.6 is 11.8 Å². The average molecular weight is 431 g/mol. The van der Waals surface area contributed by atoms with Crippen molar-refractivity contribution in [3.05, 3.63) is 89.7 Å². The van der Waals surface area contributed by atoms with Crippen LogP contribution in [0.15, 0.2) is 78.0 Å². The zero-order valence-electron chi connectivity index (χ0n) is 17.8. The fourth-order valence-corrected chi connectivity index (χ4v) is 4.56. The zero-order chi connectivity index (χ0) is 21.6. The van der Waals surface area contributed by atoms with E-state index in [0.717, 1.165) is 23.1 Å². The van der Waals surface area contributed by atoms with Gasteiger partial charge in [-0.1, -0.05) is 84.6 Å². The van der Waals surface area contributed by atoms with Crippen molar-refractivity contribution < 1.29 is 4.79 Å². The third-order valence-electron chi connectivity index (χ3n) is 5.35. The van der Waals surface area contributed by atoms with Gasteiger partial charge in [-0.05, 0) is 35.7 Å².